The van der Waals surface area contributed by atoms with Gasteiger partial charge >= 0.3 is 5.97 Å². The van der Waals surface area contributed by atoms with Crippen LogP contribution in [0.4, 0.5) is 0 Å². The van der Waals surface area contributed by atoms with E-state index in [2.05, 4.69) is 0 Å². The molecular formula is C8H16O3S. The zero-order valence-corrected chi connectivity index (χ0v) is 8.39. The predicted octanol–water partition coefficient (Wildman–Crippen LogP) is 1.05. The standard InChI is InChI=1S/C8H16O3S/c1-3-11-8(10)7(2)12-6-4-5-9/h7,9H,3-6H2,1-2H3. The van der Waals surface area contributed by atoms with Crippen LogP contribution in [0.5, 0.6) is 0 Å². The second-order valence-corrected chi connectivity index (χ2v) is 3.79. The van der Waals surface area contributed by atoms with Gasteiger partial charge in [-0.25, -0.2) is 0 Å². The Morgan fingerprint density at radius 2 is 2.33 bits per heavy atom. The average Bonchev–Trinajstić information content (AvgIpc) is 2.05. The molecule has 4 heteroatoms. The summed E-state index contributed by atoms with van der Waals surface area (Å²) in [5, 5.41) is 8.38. The molecule has 0 saturated carbocycles. The van der Waals surface area contributed by atoms with E-state index in [-0.39, 0.29) is 17.8 Å². The number of aliphatic hydroxyl groups is 1. The van der Waals surface area contributed by atoms with Crippen LogP contribution in [-0.2, 0) is 9.53 Å². The number of carbonyl (C=O) groups excluding carboxylic acids is 1. The lowest BCUT2D eigenvalue weighted by Crippen LogP contribution is -2.17. The lowest BCUT2D eigenvalue weighted by Gasteiger charge is -2.08. The van der Waals surface area contributed by atoms with Gasteiger partial charge in [0.05, 0.1) is 11.9 Å². The number of esters is 1. The van der Waals surface area contributed by atoms with E-state index in [4.69, 9.17) is 9.84 Å². The highest BCUT2D eigenvalue weighted by atomic mass is 32.2. The zero-order chi connectivity index (χ0) is 9.40. The van der Waals surface area contributed by atoms with Crippen LogP contribution in [0.25, 0.3) is 0 Å². The van der Waals surface area contributed by atoms with Crippen LogP contribution in [0.3, 0.4) is 0 Å². The first-order valence-electron chi connectivity index (χ1n) is 4.11. The van der Waals surface area contributed by atoms with Crippen molar-refractivity contribution >= 4 is 17.7 Å². The van der Waals surface area contributed by atoms with Crippen molar-refractivity contribution in [1.82, 2.24) is 0 Å². The minimum absolute atomic E-state index is 0.114. The fourth-order valence-electron chi connectivity index (χ4n) is 0.652. The molecule has 0 aromatic carbocycles. The van der Waals surface area contributed by atoms with Gasteiger partial charge in [0.2, 0.25) is 0 Å². The molecule has 0 aliphatic heterocycles. The molecule has 0 saturated heterocycles. The van der Waals surface area contributed by atoms with Crippen molar-refractivity contribution in [3.63, 3.8) is 0 Å². The Bertz CT molecular complexity index is 127. The molecule has 0 aromatic heterocycles. The van der Waals surface area contributed by atoms with E-state index in [9.17, 15) is 4.79 Å². The van der Waals surface area contributed by atoms with Gasteiger partial charge in [-0.3, -0.25) is 4.79 Å². The molecule has 3 nitrogen and oxygen atoms in total. The first-order chi connectivity index (χ1) is 5.72. The maximum Gasteiger partial charge on any atom is 0.318 e. The van der Waals surface area contributed by atoms with Crippen LogP contribution in [0.1, 0.15) is 20.3 Å². The number of aliphatic hydroxyl groups excluding tert-OH is 1. The molecule has 0 spiro atoms. The summed E-state index contributed by atoms with van der Waals surface area (Å²) >= 11 is 1.51. The molecule has 12 heavy (non-hydrogen) atoms. The first-order valence-corrected chi connectivity index (χ1v) is 5.16. The third kappa shape index (κ3) is 5.43. The van der Waals surface area contributed by atoms with Gasteiger partial charge < -0.3 is 9.84 Å². The third-order valence-corrected chi connectivity index (χ3v) is 2.51. The van der Waals surface area contributed by atoms with Gasteiger partial charge in [0.1, 0.15) is 0 Å². The molecule has 1 unspecified atom stereocenters. The summed E-state index contributed by atoms with van der Waals surface area (Å²) in [7, 11) is 0. The Morgan fingerprint density at radius 3 is 2.83 bits per heavy atom. The van der Waals surface area contributed by atoms with Crippen molar-refractivity contribution in [2.45, 2.75) is 25.5 Å². The lowest BCUT2D eigenvalue weighted by atomic mass is 10.5. The van der Waals surface area contributed by atoms with Gasteiger partial charge in [-0.15, -0.1) is 11.8 Å². The van der Waals surface area contributed by atoms with Gasteiger partial charge in [-0.05, 0) is 26.0 Å². The van der Waals surface area contributed by atoms with Crippen molar-refractivity contribution in [1.29, 1.82) is 0 Å². The van der Waals surface area contributed by atoms with E-state index in [0.29, 0.717) is 6.61 Å². The fraction of sp³-hybridized carbons (Fsp3) is 0.875. The molecule has 1 N–H and O–H groups in total. The zero-order valence-electron chi connectivity index (χ0n) is 7.58. The van der Waals surface area contributed by atoms with Crippen molar-refractivity contribution in [3.05, 3.63) is 0 Å². The van der Waals surface area contributed by atoms with Crippen molar-refractivity contribution < 1.29 is 14.6 Å². The number of hydrogen-bond donors (Lipinski definition) is 1. The second-order valence-electron chi connectivity index (χ2n) is 2.34. The lowest BCUT2D eigenvalue weighted by molar-refractivity contribution is -0.142. The third-order valence-electron chi connectivity index (χ3n) is 1.29. The Labute approximate surface area is 77.5 Å². The minimum atomic E-state index is -0.166. The summed E-state index contributed by atoms with van der Waals surface area (Å²) in [5.74, 6) is 0.636. The molecule has 1 atom stereocenters. The molecule has 0 fully saturated rings. The highest BCUT2D eigenvalue weighted by Crippen LogP contribution is 2.12. The summed E-state index contributed by atoms with van der Waals surface area (Å²) in [5.41, 5.74) is 0. The predicted molar refractivity (Wildman–Crippen MR) is 50.3 cm³/mol. The van der Waals surface area contributed by atoms with Crippen molar-refractivity contribution in [2.75, 3.05) is 19.0 Å². The van der Waals surface area contributed by atoms with Crippen LogP contribution in [0, 0.1) is 0 Å². The SMILES string of the molecule is CCOC(=O)C(C)SCCCO. The van der Waals surface area contributed by atoms with Crippen LogP contribution in [-0.4, -0.2) is 35.3 Å². The number of carbonyl (C=O) groups is 1. The van der Waals surface area contributed by atoms with Gasteiger partial charge in [-0.1, -0.05) is 0 Å². The van der Waals surface area contributed by atoms with E-state index in [1.807, 2.05) is 6.92 Å². The average molecular weight is 192 g/mol. The molecule has 0 aliphatic carbocycles. The summed E-state index contributed by atoms with van der Waals surface area (Å²) in [6.45, 7) is 4.23. The van der Waals surface area contributed by atoms with E-state index in [1.165, 1.54) is 11.8 Å². The Kier molecular flexibility index (Phi) is 7.29. The minimum Gasteiger partial charge on any atom is -0.465 e. The summed E-state index contributed by atoms with van der Waals surface area (Å²) in [4.78, 5) is 11.0. The van der Waals surface area contributed by atoms with Crippen LogP contribution in [0.15, 0.2) is 0 Å². The number of thioether (sulfide) groups is 1. The topological polar surface area (TPSA) is 46.5 Å². The van der Waals surface area contributed by atoms with E-state index >= 15 is 0 Å². The molecule has 0 rings (SSSR count). The Morgan fingerprint density at radius 1 is 1.67 bits per heavy atom. The van der Waals surface area contributed by atoms with Crippen LogP contribution >= 0.6 is 11.8 Å². The van der Waals surface area contributed by atoms with Crippen LogP contribution < -0.4 is 0 Å². The molecule has 0 aromatic rings. The number of hydrogen-bond acceptors (Lipinski definition) is 4. The maximum absolute atomic E-state index is 11.0. The summed E-state index contributed by atoms with van der Waals surface area (Å²) in [6, 6.07) is 0. The normalized spacial score (nSPS) is 12.6. The molecule has 0 amide bonds. The molecule has 0 heterocycles. The molecule has 72 valence electrons. The largest absolute Gasteiger partial charge is 0.465 e. The number of ether oxygens (including phenoxy) is 1. The summed E-state index contributed by atoms with van der Waals surface area (Å²) < 4.78 is 4.81. The van der Waals surface area contributed by atoms with E-state index in [0.717, 1.165) is 12.2 Å². The van der Waals surface area contributed by atoms with Crippen molar-refractivity contribution in [2.24, 2.45) is 0 Å². The highest BCUT2D eigenvalue weighted by Gasteiger charge is 2.13. The van der Waals surface area contributed by atoms with Gasteiger partial charge in [0.25, 0.3) is 0 Å². The summed E-state index contributed by atoms with van der Waals surface area (Å²) in [6.07, 6.45) is 0.731. The van der Waals surface area contributed by atoms with Gasteiger partial charge in [0.15, 0.2) is 0 Å². The molecular weight excluding hydrogens is 176 g/mol. The van der Waals surface area contributed by atoms with Gasteiger partial charge in [0, 0.05) is 6.61 Å². The molecule has 0 aliphatic rings. The monoisotopic (exact) mass is 192 g/mol. The highest BCUT2D eigenvalue weighted by molar-refractivity contribution is 8.00. The fourth-order valence-corrected chi connectivity index (χ4v) is 1.51. The Balaban J connectivity index is 3.42. The first kappa shape index (κ1) is 11.8. The second kappa shape index (κ2) is 7.43. The van der Waals surface area contributed by atoms with Gasteiger partial charge in [-0.2, -0.15) is 0 Å². The quantitative estimate of drug-likeness (QED) is 0.505. The smallest absolute Gasteiger partial charge is 0.318 e. The Hall–Kier alpha value is -0.220. The van der Waals surface area contributed by atoms with Crippen molar-refractivity contribution in [3.8, 4) is 0 Å². The molecule has 0 bridgehead atoms. The van der Waals surface area contributed by atoms with E-state index in [1.54, 1.807) is 6.92 Å². The maximum atomic E-state index is 11.0. The number of rotatable bonds is 6. The van der Waals surface area contributed by atoms with Crippen LogP contribution in [0.2, 0.25) is 0 Å². The van der Waals surface area contributed by atoms with E-state index < -0.39 is 0 Å². The molecule has 0 radical (unpaired) electrons.